The van der Waals surface area contributed by atoms with E-state index in [1.165, 1.54) is 6.07 Å². The number of H-pyrrole nitrogens is 1. The van der Waals surface area contributed by atoms with Crippen LogP contribution in [0.1, 0.15) is 65.0 Å². The Labute approximate surface area is 212 Å². The molecule has 4 heterocycles. The topological polar surface area (TPSA) is 109 Å². The summed E-state index contributed by atoms with van der Waals surface area (Å²) in [6.07, 6.45) is 2.39. The Kier molecular flexibility index (Phi) is 6.03. The summed E-state index contributed by atoms with van der Waals surface area (Å²) in [5.74, 6) is 1.15. The van der Waals surface area contributed by atoms with Gasteiger partial charge in [0.15, 0.2) is 5.82 Å². The summed E-state index contributed by atoms with van der Waals surface area (Å²) in [5, 5.41) is 20.3. The average Bonchev–Trinajstić information content (AvgIpc) is 3.36. The number of rotatable bonds is 4. The molecule has 1 saturated heterocycles. The highest BCUT2D eigenvalue weighted by Crippen LogP contribution is 2.31. The molecule has 2 aromatic heterocycles. The standard InChI is InChI=1S/C27H28FN7O2/c1-16-14-34(15-24-31-32-25(35(16)24)18-8-10-29-11-9-18)27(37)21-12-17(6-7-22(21)28)13-23-19-4-2-3-5-20(19)26(36)33-30-23/h2-7,12,16,18,29H,8-11,13-15H2,1H3,(H,33,36). The molecule has 2 N–H and O–H groups in total. The molecule has 9 nitrogen and oxygen atoms in total. The molecule has 0 saturated carbocycles. The molecule has 6 rings (SSSR count). The van der Waals surface area contributed by atoms with Crippen LogP contribution in [0.3, 0.4) is 0 Å². The third-order valence-electron chi connectivity index (χ3n) is 7.45. The summed E-state index contributed by atoms with van der Waals surface area (Å²) in [7, 11) is 0. The number of halogens is 1. The van der Waals surface area contributed by atoms with Crippen molar-refractivity contribution in [1.82, 2.24) is 35.2 Å². The van der Waals surface area contributed by atoms with Crippen molar-refractivity contribution < 1.29 is 9.18 Å². The summed E-state index contributed by atoms with van der Waals surface area (Å²) in [6, 6.07) is 11.8. The maximum atomic E-state index is 14.9. The molecule has 0 spiro atoms. The maximum absolute atomic E-state index is 14.9. The molecule has 1 amide bonds. The van der Waals surface area contributed by atoms with Crippen molar-refractivity contribution in [2.75, 3.05) is 19.6 Å². The minimum Gasteiger partial charge on any atom is -0.329 e. The van der Waals surface area contributed by atoms with E-state index < -0.39 is 5.82 Å². The Morgan fingerprint density at radius 3 is 2.70 bits per heavy atom. The Bertz CT molecular complexity index is 1540. The van der Waals surface area contributed by atoms with Gasteiger partial charge in [-0.2, -0.15) is 5.10 Å². The first-order valence-corrected chi connectivity index (χ1v) is 12.7. The second kappa shape index (κ2) is 9.51. The van der Waals surface area contributed by atoms with E-state index >= 15 is 0 Å². The molecule has 2 aliphatic rings. The number of benzene rings is 2. The van der Waals surface area contributed by atoms with E-state index in [0.29, 0.717) is 30.0 Å². The molecule has 0 bridgehead atoms. The molecule has 2 aliphatic heterocycles. The minimum atomic E-state index is -0.567. The number of amides is 1. The Balaban J connectivity index is 1.26. The first-order valence-electron chi connectivity index (χ1n) is 12.7. The maximum Gasteiger partial charge on any atom is 0.272 e. The summed E-state index contributed by atoms with van der Waals surface area (Å²) in [6.45, 7) is 4.73. The molecule has 1 unspecified atom stereocenters. The van der Waals surface area contributed by atoms with Crippen LogP contribution >= 0.6 is 0 Å². The quantitative estimate of drug-likeness (QED) is 0.445. The van der Waals surface area contributed by atoms with Gasteiger partial charge in [0, 0.05) is 24.3 Å². The van der Waals surface area contributed by atoms with Gasteiger partial charge in [-0.1, -0.05) is 24.3 Å². The number of piperidine rings is 1. The number of fused-ring (bicyclic) bond motifs is 2. The highest BCUT2D eigenvalue weighted by Gasteiger charge is 2.33. The van der Waals surface area contributed by atoms with Crippen LogP contribution in [0.5, 0.6) is 0 Å². The first kappa shape index (κ1) is 23.5. The average molecular weight is 502 g/mol. The summed E-state index contributed by atoms with van der Waals surface area (Å²) < 4.78 is 17.1. The monoisotopic (exact) mass is 501 g/mol. The predicted octanol–water partition coefficient (Wildman–Crippen LogP) is 2.93. The van der Waals surface area contributed by atoms with Gasteiger partial charge in [0.25, 0.3) is 11.5 Å². The van der Waals surface area contributed by atoms with Gasteiger partial charge in [0.2, 0.25) is 0 Å². The fourth-order valence-corrected chi connectivity index (χ4v) is 5.59. The van der Waals surface area contributed by atoms with Gasteiger partial charge < -0.3 is 14.8 Å². The van der Waals surface area contributed by atoms with E-state index in [1.807, 2.05) is 12.1 Å². The van der Waals surface area contributed by atoms with E-state index in [1.54, 1.807) is 29.2 Å². The third-order valence-corrected chi connectivity index (χ3v) is 7.45. The lowest BCUT2D eigenvalue weighted by Gasteiger charge is -2.34. The number of hydrogen-bond donors (Lipinski definition) is 2. The van der Waals surface area contributed by atoms with Gasteiger partial charge in [-0.05, 0) is 56.6 Å². The zero-order valence-electron chi connectivity index (χ0n) is 20.6. The number of aromatic amines is 1. The van der Waals surface area contributed by atoms with Crippen molar-refractivity contribution in [2.45, 2.75) is 44.7 Å². The number of nitrogens with zero attached hydrogens (tertiary/aromatic N) is 5. The fraction of sp³-hybridized carbons (Fsp3) is 0.370. The lowest BCUT2D eigenvalue weighted by atomic mass is 9.96. The molecule has 4 aromatic rings. The second-order valence-electron chi connectivity index (χ2n) is 9.94. The SMILES string of the molecule is CC1CN(C(=O)c2cc(Cc3n[nH]c(=O)c4ccccc34)ccc2F)Cc2nnc(C3CCNCC3)n21. The van der Waals surface area contributed by atoms with Crippen LogP contribution < -0.4 is 10.9 Å². The van der Waals surface area contributed by atoms with E-state index in [9.17, 15) is 14.0 Å². The molecule has 0 aliphatic carbocycles. The zero-order valence-corrected chi connectivity index (χ0v) is 20.6. The Morgan fingerprint density at radius 2 is 1.89 bits per heavy atom. The van der Waals surface area contributed by atoms with Crippen LogP contribution in [0, 0.1) is 5.82 Å². The highest BCUT2D eigenvalue weighted by atomic mass is 19.1. The lowest BCUT2D eigenvalue weighted by Crippen LogP contribution is -2.41. The zero-order chi connectivity index (χ0) is 25.5. The predicted molar refractivity (Wildman–Crippen MR) is 136 cm³/mol. The molecule has 0 radical (unpaired) electrons. The van der Waals surface area contributed by atoms with Crippen LogP contribution in [0.25, 0.3) is 10.8 Å². The van der Waals surface area contributed by atoms with Gasteiger partial charge in [0.1, 0.15) is 11.6 Å². The van der Waals surface area contributed by atoms with Gasteiger partial charge in [-0.25, -0.2) is 9.49 Å². The minimum absolute atomic E-state index is 0.00413. The fourth-order valence-electron chi connectivity index (χ4n) is 5.59. The molecule has 1 fully saturated rings. The van der Waals surface area contributed by atoms with Crippen LogP contribution in [0.15, 0.2) is 47.3 Å². The molecule has 190 valence electrons. The number of carbonyl (C=O) groups is 1. The first-order chi connectivity index (χ1) is 18.0. The van der Waals surface area contributed by atoms with E-state index in [4.69, 9.17) is 0 Å². The number of nitrogens with one attached hydrogen (secondary N) is 2. The molecule has 10 heteroatoms. The second-order valence-corrected chi connectivity index (χ2v) is 9.94. The Morgan fingerprint density at radius 1 is 1.11 bits per heavy atom. The van der Waals surface area contributed by atoms with Crippen molar-refractivity contribution in [2.24, 2.45) is 0 Å². The van der Waals surface area contributed by atoms with Crippen LogP contribution in [-0.2, 0) is 13.0 Å². The summed E-state index contributed by atoms with van der Waals surface area (Å²) in [5.41, 5.74) is 1.15. The van der Waals surface area contributed by atoms with Crippen molar-refractivity contribution in [3.8, 4) is 0 Å². The molecule has 1 atom stereocenters. The van der Waals surface area contributed by atoms with E-state index in [0.717, 1.165) is 48.5 Å². The third kappa shape index (κ3) is 4.31. The van der Waals surface area contributed by atoms with Crippen molar-refractivity contribution in [3.05, 3.63) is 87.1 Å². The summed E-state index contributed by atoms with van der Waals surface area (Å²) in [4.78, 5) is 27.3. The van der Waals surface area contributed by atoms with Crippen molar-refractivity contribution in [1.29, 1.82) is 0 Å². The van der Waals surface area contributed by atoms with Crippen LogP contribution in [0.4, 0.5) is 4.39 Å². The number of carbonyl (C=O) groups excluding carboxylic acids is 1. The molecule has 37 heavy (non-hydrogen) atoms. The van der Waals surface area contributed by atoms with Gasteiger partial charge in [0.05, 0.1) is 29.2 Å². The molecular weight excluding hydrogens is 473 g/mol. The van der Waals surface area contributed by atoms with Gasteiger partial charge in [-0.3, -0.25) is 9.59 Å². The Hall–Kier alpha value is -3.92. The van der Waals surface area contributed by atoms with Crippen molar-refractivity contribution in [3.63, 3.8) is 0 Å². The van der Waals surface area contributed by atoms with Crippen LogP contribution in [0.2, 0.25) is 0 Å². The lowest BCUT2D eigenvalue weighted by molar-refractivity contribution is 0.0673. The smallest absolute Gasteiger partial charge is 0.272 e. The van der Waals surface area contributed by atoms with Crippen LogP contribution in [-0.4, -0.2) is 55.4 Å². The summed E-state index contributed by atoms with van der Waals surface area (Å²) >= 11 is 0. The highest BCUT2D eigenvalue weighted by molar-refractivity contribution is 5.95. The van der Waals surface area contributed by atoms with Gasteiger partial charge >= 0.3 is 0 Å². The number of aromatic nitrogens is 5. The van der Waals surface area contributed by atoms with Gasteiger partial charge in [-0.15, -0.1) is 10.2 Å². The number of hydrogen-bond acceptors (Lipinski definition) is 6. The molecular formula is C27H28FN7O2. The molecule has 2 aromatic carbocycles. The van der Waals surface area contributed by atoms with E-state index in [2.05, 4.69) is 37.2 Å². The van der Waals surface area contributed by atoms with Crippen molar-refractivity contribution >= 4 is 16.7 Å². The normalized spacial score (nSPS) is 18.2. The van der Waals surface area contributed by atoms with E-state index in [-0.39, 0.29) is 29.6 Å². The largest absolute Gasteiger partial charge is 0.329 e.